The molecule has 2 fully saturated rings. The van der Waals surface area contributed by atoms with Gasteiger partial charge in [-0.2, -0.15) is 0 Å². The van der Waals surface area contributed by atoms with Crippen LogP contribution >= 0.6 is 0 Å². The summed E-state index contributed by atoms with van der Waals surface area (Å²) < 4.78 is 34.1. The molecule has 3 atom stereocenters. The van der Waals surface area contributed by atoms with Gasteiger partial charge < -0.3 is 14.6 Å². The lowest BCUT2D eigenvalue weighted by Gasteiger charge is -2.26. The molecule has 0 spiro atoms. The Labute approximate surface area is 89.3 Å². The zero-order valence-corrected chi connectivity index (χ0v) is 9.28. The van der Waals surface area contributed by atoms with Crippen LogP contribution in [0.4, 0.5) is 0 Å². The first-order chi connectivity index (χ1) is 7.13. The minimum Gasteiger partial charge on any atom is -0.394 e. The highest BCUT2D eigenvalue weighted by Gasteiger charge is 2.41. The van der Waals surface area contributed by atoms with Crippen LogP contribution < -0.4 is 0 Å². The van der Waals surface area contributed by atoms with Crippen molar-refractivity contribution in [1.29, 1.82) is 0 Å². The highest BCUT2D eigenvalue weighted by atomic mass is 32.2. The van der Waals surface area contributed by atoms with Crippen LogP contribution in [0.3, 0.4) is 0 Å². The van der Waals surface area contributed by atoms with E-state index in [2.05, 4.69) is 0 Å². The van der Waals surface area contributed by atoms with Crippen LogP contribution in [-0.2, 0) is 19.3 Å². The molecule has 0 bridgehead atoms. The molecule has 2 rings (SSSR count). The Balaban J connectivity index is 2.04. The van der Waals surface area contributed by atoms with E-state index in [0.717, 1.165) is 12.8 Å². The van der Waals surface area contributed by atoms with Gasteiger partial charge in [-0.25, -0.2) is 8.42 Å². The SMILES string of the molecule is O=S1(=O)CCCCC1C1OCC(CO)O1. The van der Waals surface area contributed by atoms with Crippen molar-refractivity contribution in [2.24, 2.45) is 0 Å². The number of hydrogen-bond donors (Lipinski definition) is 1. The van der Waals surface area contributed by atoms with E-state index in [9.17, 15) is 8.42 Å². The van der Waals surface area contributed by atoms with Gasteiger partial charge in [-0.15, -0.1) is 0 Å². The topological polar surface area (TPSA) is 72.8 Å². The molecule has 0 aromatic rings. The van der Waals surface area contributed by atoms with Gasteiger partial charge in [0.25, 0.3) is 0 Å². The zero-order chi connectivity index (χ0) is 10.9. The van der Waals surface area contributed by atoms with E-state index in [1.165, 1.54) is 0 Å². The lowest BCUT2D eigenvalue weighted by atomic mass is 10.2. The Kier molecular flexibility index (Phi) is 3.30. The summed E-state index contributed by atoms with van der Waals surface area (Å²) in [5.41, 5.74) is 0. The second-order valence-electron chi connectivity index (χ2n) is 4.04. The van der Waals surface area contributed by atoms with Crippen molar-refractivity contribution in [3.8, 4) is 0 Å². The van der Waals surface area contributed by atoms with Gasteiger partial charge in [0, 0.05) is 0 Å². The van der Waals surface area contributed by atoms with Gasteiger partial charge in [-0.3, -0.25) is 0 Å². The first-order valence-corrected chi connectivity index (χ1v) is 6.94. The molecule has 0 aromatic carbocycles. The first-order valence-electron chi connectivity index (χ1n) is 5.23. The molecule has 2 heterocycles. The second-order valence-corrected chi connectivity index (χ2v) is 6.38. The summed E-state index contributed by atoms with van der Waals surface area (Å²) in [4.78, 5) is 0. The molecular formula is C9H16O5S. The normalized spacial score (nSPS) is 40.5. The molecule has 2 aliphatic rings. The van der Waals surface area contributed by atoms with Crippen LogP contribution in [0.15, 0.2) is 0 Å². The van der Waals surface area contributed by atoms with Gasteiger partial charge in [0.2, 0.25) is 0 Å². The predicted octanol–water partition coefficient (Wildman–Crippen LogP) is -0.313. The molecule has 5 nitrogen and oxygen atoms in total. The fraction of sp³-hybridized carbons (Fsp3) is 1.00. The molecule has 88 valence electrons. The number of ether oxygens (including phenoxy) is 2. The quantitative estimate of drug-likeness (QED) is 0.712. The average Bonchev–Trinajstić information content (AvgIpc) is 2.65. The van der Waals surface area contributed by atoms with E-state index in [0.29, 0.717) is 6.42 Å². The summed E-state index contributed by atoms with van der Waals surface area (Å²) in [7, 11) is -3.07. The van der Waals surface area contributed by atoms with Crippen molar-refractivity contribution in [3.05, 3.63) is 0 Å². The minimum atomic E-state index is -3.07. The van der Waals surface area contributed by atoms with Crippen molar-refractivity contribution >= 4 is 9.84 Å². The van der Waals surface area contributed by atoms with Gasteiger partial charge in [0.05, 0.1) is 19.0 Å². The lowest BCUT2D eigenvalue weighted by molar-refractivity contribution is -0.0679. The highest BCUT2D eigenvalue weighted by Crippen LogP contribution is 2.27. The van der Waals surface area contributed by atoms with Crippen molar-refractivity contribution in [2.75, 3.05) is 19.0 Å². The Bertz CT molecular complexity index is 312. The fourth-order valence-electron chi connectivity index (χ4n) is 2.05. The minimum absolute atomic E-state index is 0.122. The Morgan fingerprint density at radius 3 is 2.73 bits per heavy atom. The number of rotatable bonds is 2. The largest absolute Gasteiger partial charge is 0.394 e. The van der Waals surface area contributed by atoms with Crippen molar-refractivity contribution in [3.63, 3.8) is 0 Å². The van der Waals surface area contributed by atoms with Crippen LogP contribution in [0, 0.1) is 0 Å². The molecule has 1 N–H and O–H groups in total. The summed E-state index contributed by atoms with van der Waals surface area (Å²) in [6, 6.07) is 0. The second kappa shape index (κ2) is 4.37. The maximum absolute atomic E-state index is 11.7. The van der Waals surface area contributed by atoms with Gasteiger partial charge in [-0.1, -0.05) is 6.42 Å². The van der Waals surface area contributed by atoms with Crippen molar-refractivity contribution in [1.82, 2.24) is 0 Å². The molecule has 0 aliphatic carbocycles. The summed E-state index contributed by atoms with van der Waals surface area (Å²) in [6.07, 6.45) is 1.19. The Hall–Kier alpha value is -0.170. The number of hydrogen-bond acceptors (Lipinski definition) is 5. The third kappa shape index (κ3) is 2.33. The van der Waals surface area contributed by atoms with Crippen LogP contribution in [0.5, 0.6) is 0 Å². The van der Waals surface area contributed by atoms with E-state index < -0.39 is 21.4 Å². The maximum Gasteiger partial charge on any atom is 0.174 e. The van der Waals surface area contributed by atoms with Gasteiger partial charge >= 0.3 is 0 Å². The molecule has 0 amide bonds. The molecule has 3 unspecified atom stereocenters. The van der Waals surface area contributed by atoms with Crippen LogP contribution in [0.2, 0.25) is 0 Å². The summed E-state index contributed by atoms with van der Waals surface area (Å²) in [5, 5.41) is 8.32. The van der Waals surface area contributed by atoms with E-state index in [-0.39, 0.29) is 25.1 Å². The standard InChI is InChI=1S/C9H16O5S/c10-5-7-6-13-9(14-7)8-3-1-2-4-15(8,11)12/h7-10H,1-6H2. The van der Waals surface area contributed by atoms with Gasteiger partial charge in [0.1, 0.15) is 11.4 Å². The maximum atomic E-state index is 11.7. The third-order valence-electron chi connectivity index (χ3n) is 2.91. The molecule has 6 heteroatoms. The Morgan fingerprint density at radius 2 is 2.13 bits per heavy atom. The molecular weight excluding hydrogens is 220 g/mol. The molecule has 0 radical (unpaired) electrons. The molecule has 2 saturated heterocycles. The van der Waals surface area contributed by atoms with Crippen LogP contribution in [0.1, 0.15) is 19.3 Å². The van der Waals surface area contributed by atoms with Crippen LogP contribution in [0.25, 0.3) is 0 Å². The van der Waals surface area contributed by atoms with E-state index in [4.69, 9.17) is 14.6 Å². The third-order valence-corrected chi connectivity index (χ3v) is 5.15. The zero-order valence-electron chi connectivity index (χ0n) is 8.46. The molecule has 0 saturated carbocycles. The molecule has 15 heavy (non-hydrogen) atoms. The fourth-order valence-corrected chi connectivity index (χ4v) is 3.96. The molecule has 2 aliphatic heterocycles. The smallest absolute Gasteiger partial charge is 0.174 e. The first kappa shape index (κ1) is 11.3. The monoisotopic (exact) mass is 236 g/mol. The predicted molar refractivity (Wildman–Crippen MR) is 53.1 cm³/mol. The molecule has 0 aromatic heterocycles. The number of sulfone groups is 1. The Morgan fingerprint density at radius 1 is 1.33 bits per heavy atom. The summed E-state index contributed by atoms with van der Waals surface area (Å²) in [6.45, 7) is 0.163. The number of aliphatic hydroxyl groups is 1. The van der Waals surface area contributed by atoms with Gasteiger partial charge in [0.15, 0.2) is 16.1 Å². The highest BCUT2D eigenvalue weighted by molar-refractivity contribution is 7.92. The van der Waals surface area contributed by atoms with E-state index in [1.54, 1.807) is 0 Å². The summed E-state index contributed by atoms with van der Waals surface area (Å²) in [5.74, 6) is 0.227. The van der Waals surface area contributed by atoms with E-state index in [1.807, 2.05) is 0 Å². The van der Waals surface area contributed by atoms with Crippen molar-refractivity contribution in [2.45, 2.75) is 36.9 Å². The van der Waals surface area contributed by atoms with E-state index >= 15 is 0 Å². The lowest BCUT2D eigenvalue weighted by Crippen LogP contribution is -2.39. The average molecular weight is 236 g/mol. The van der Waals surface area contributed by atoms with Gasteiger partial charge in [-0.05, 0) is 12.8 Å². The van der Waals surface area contributed by atoms with Crippen LogP contribution in [-0.4, -0.2) is 50.1 Å². The summed E-state index contributed by atoms with van der Waals surface area (Å²) >= 11 is 0. The number of aliphatic hydroxyl groups excluding tert-OH is 1. The van der Waals surface area contributed by atoms with Crippen molar-refractivity contribution < 1.29 is 23.0 Å².